The van der Waals surface area contributed by atoms with Crippen molar-refractivity contribution in [2.24, 2.45) is 0 Å². The molecule has 1 aliphatic rings. The van der Waals surface area contributed by atoms with Gasteiger partial charge in [-0.25, -0.2) is 4.39 Å². The molecule has 1 saturated heterocycles. The summed E-state index contributed by atoms with van der Waals surface area (Å²) in [6.45, 7) is 9.88. The average Bonchev–Trinajstić information content (AvgIpc) is 2.96. The molecule has 2 amide bonds. The molecule has 172 valence electrons. The van der Waals surface area contributed by atoms with Gasteiger partial charge in [0.2, 0.25) is 11.8 Å². The highest BCUT2D eigenvalue weighted by atomic mass is 19.1. The molecule has 7 heteroatoms. The van der Waals surface area contributed by atoms with Gasteiger partial charge in [0.05, 0.1) is 13.1 Å². The van der Waals surface area contributed by atoms with Gasteiger partial charge in [-0.15, -0.1) is 0 Å². The summed E-state index contributed by atoms with van der Waals surface area (Å²) in [4.78, 5) is 29.0. The number of hydrogen-bond acceptors (Lipinski definition) is 4. The van der Waals surface area contributed by atoms with Crippen LogP contribution in [0.3, 0.4) is 0 Å². The first-order valence-corrected chi connectivity index (χ1v) is 11.1. The molecule has 2 aromatic rings. The lowest BCUT2D eigenvalue weighted by molar-refractivity contribution is -0.125. The highest BCUT2D eigenvalue weighted by Gasteiger charge is 2.18. The van der Waals surface area contributed by atoms with E-state index >= 15 is 0 Å². The molecular formula is C25H33FN4O2. The minimum absolute atomic E-state index is 0.0567. The van der Waals surface area contributed by atoms with E-state index < -0.39 is 0 Å². The van der Waals surface area contributed by atoms with Crippen molar-refractivity contribution >= 4 is 17.5 Å². The zero-order valence-corrected chi connectivity index (χ0v) is 19.2. The lowest BCUT2D eigenvalue weighted by Gasteiger charge is -2.21. The second-order valence-electron chi connectivity index (χ2n) is 8.60. The van der Waals surface area contributed by atoms with E-state index in [2.05, 4.69) is 20.4 Å². The summed E-state index contributed by atoms with van der Waals surface area (Å²) in [6, 6.07) is 10.9. The van der Waals surface area contributed by atoms with Crippen molar-refractivity contribution in [2.45, 2.75) is 33.7 Å². The molecule has 0 spiro atoms. The summed E-state index contributed by atoms with van der Waals surface area (Å²) < 4.78 is 13.9. The second-order valence-corrected chi connectivity index (χ2v) is 8.60. The Labute approximate surface area is 189 Å². The lowest BCUT2D eigenvalue weighted by Crippen LogP contribution is -2.41. The van der Waals surface area contributed by atoms with Crippen LogP contribution in [0.2, 0.25) is 0 Å². The number of rotatable bonds is 7. The summed E-state index contributed by atoms with van der Waals surface area (Å²) in [5.74, 6) is -0.581. The summed E-state index contributed by atoms with van der Waals surface area (Å²) >= 11 is 0. The summed E-state index contributed by atoms with van der Waals surface area (Å²) in [7, 11) is 0. The number of carbonyl (C=O) groups excluding carboxylic acids is 2. The van der Waals surface area contributed by atoms with Gasteiger partial charge in [-0.05, 0) is 57.5 Å². The first-order valence-electron chi connectivity index (χ1n) is 11.1. The van der Waals surface area contributed by atoms with Crippen molar-refractivity contribution in [1.29, 1.82) is 0 Å². The molecule has 1 fully saturated rings. The maximum atomic E-state index is 13.9. The van der Waals surface area contributed by atoms with Crippen LogP contribution in [0.25, 0.3) is 0 Å². The van der Waals surface area contributed by atoms with Crippen LogP contribution in [0.1, 0.15) is 28.7 Å². The Morgan fingerprint density at radius 1 is 0.938 bits per heavy atom. The SMILES string of the molecule is Cc1cc(C)c(NC(=O)CNC(=O)CN2CCCN(Cc3ccccc3F)CC2)c(C)c1. The Balaban J connectivity index is 1.42. The van der Waals surface area contributed by atoms with Crippen LogP contribution in [-0.4, -0.2) is 60.9 Å². The quantitative estimate of drug-likeness (QED) is 0.695. The Morgan fingerprint density at radius 3 is 2.31 bits per heavy atom. The number of anilines is 1. The van der Waals surface area contributed by atoms with Gasteiger partial charge in [0.1, 0.15) is 5.82 Å². The molecule has 0 atom stereocenters. The van der Waals surface area contributed by atoms with Crippen LogP contribution in [-0.2, 0) is 16.1 Å². The van der Waals surface area contributed by atoms with Crippen molar-refractivity contribution in [2.75, 3.05) is 44.6 Å². The molecule has 0 unspecified atom stereocenters. The van der Waals surface area contributed by atoms with E-state index in [1.165, 1.54) is 6.07 Å². The molecule has 0 saturated carbocycles. The van der Waals surface area contributed by atoms with Crippen molar-refractivity contribution in [3.63, 3.8) is 0 Å². The molecule has 0 radical (unpaired) electrons. The normalized spacial score (nSPS) is 15.2. The van der Waals surface area contributed by atoms with Crippen molar-refractivity contribution < 1.29 is 14.0 Å². The smallest absolute Gasteiger partial charge is 0.243 e. The van der Waals surface area contributed by atoms with Crippen LogP contribution in [0.4, 0.5) is 10.1 Å². The number of carbonyl (C=O) groups is 2. The molecule has 3 rings (SSSR count). The number of aryl methyl sites for hydroxylation is 3. The molecule has 6 nitrogen and oxygen atoms in total. The molecular weight excluding hydrogens is 407 g/mol. The predicted octanol–water partition coefficient (Wildman–Crippen LogP) is 3.01. The largest absolute Gasteiger partial charge is 0.346 e. The molecule has 0 bridgehead atoms. The van der Waals surface area contributed by atoms with E-state index in [1.54, 1.807) is 6.07 Å². The summed E-state index contributed by atoms with van der Waals surface area (Å²) in [5.41, 5.74) is 4.66. The van der Waals surface area contributed by atoms with Gasteiger partial charge in [-0.1, -0.05) is 35.9 Å². The number of amides is 2. The second kappa shape index (κ2) is 11.2. The first-order chi connectivity index (χ1) is 15.3. The van der Waals surface area contributed by atoms with E-state index in [9.17, 15) is 14.0 Å². The van der Waals surface area contributed by atoms with E-state index in [0.717, 1.165) is 55.0 Å². The van der Waals surface area contributed by atoms with Crippen LogP contribution in [0, 0.1) is 26.6 Å². The van der Waals surface area contributed by atoms with Gasteiger partial charge < -0.3 is 10.6 Å². The molecule has 1 heterocycles. The van der Waals surface area contributed by atoms with Crippen LogP contribution in [0.5, 0.6) is 0 Å². The van der Waals surface area contributed by atoms with Crippen LogP contribution >= 0.6 is 0 Å². The fourth-order valence-electron chi connectivity index (χ4n) is 4.21. The lowest BCUT2D eigenvalue weighted by atomic mass is 10.1. The Hall–Kier alpha value is -2.77. The monoisotopic (exact) mass is 440 g/mol. The molecule has 0 aromatic heterocycles. The van der Waals surface area contributed by atoms with Gasteiger partial charge in [-0.2, -0.15) is 0 Å². The van der Waals surface area contributed by atoms with Crippen molar-refractivity contribution in [3.8, 4) is 0 Å². The minimum Gasteiger partial charge on any atom is -0.346 e. The first kappa shape index (κ1) is 23.9. The Kier molecular flexibility index (Phi) is 8.36. The van der Waals surface area contributed by atoms with Crippen molar-refractivity contribution in [1.82, 2.24) is 15.1 Å². The minimum atomic E-state index is -0.236. The third kappa shape index (κ3) is 6.87. The van der Waals surface area contributed by atoms with E-state index in [4.69, 9.17) is 0 Å². The summed E-state index contributed by atoms with van der Waals surface area (Å²) in [5, 5.41) is 5.63. The number of benzene rings is 2. The molecule has 2 aromatic carbocycles. The maximum absolute atomic E-state index is 13.9. The van der Waals surface area contributed by atoms with E-state index in [-0.39, 0.29) is 30.7 Å². The number of nitrogens with one attached hydrogen (secondary N) is 2. The average molecular weight is 441 g/mol. The maximum Gasteiger partial charge on any atom is 0.243 e. The molecule has 32 heavy (non-hydrogen) atoms. The third-order valence-corrected chi connectivity index (χ3v) is 5.79. The third-order valence-electron chi connectivity index (χ3n) is 5.79. The van der Waals surface area contributed by atoms with E-state index in [0.29, 0.717) is 12.1 Å². The zero-order valence-electron chi connectivity index (χ0n) is 19.2. The molecule has 1 aliphatic heterocycles. The fraction of sp³-hybridized carbons (Fsp3) is 0.440. The van der Waals surface area contributed by atoms with Crippen LogP contribution < -0.4 is 10.6 Å². The Morgan fingerprint density at radius 2 is 1.59 bits per heavy atom. The summed E-state index contributed by atoms with van der Waals surface area (Å²) in [6.07, 6.45) is 0.911. The van der Waals surface area contributed by atoms with E-state index in [1.807, 2.05) is 45.0 Å². The van der Waals surface area contributed by atoms with Gasteiger partial charge >= 0.3 is 0 Å². The van der Waals surface area contributed by atoms with Gasteiger partial charge in [0.15, 0.2) is 0 Å². The van der Waals surface area contributed by atoms with Gasteiger partial charge in [0, 0.05) is 30.9 Å². The Bertz CT molecular complexity index is 940. The highest BCUT2D eigenvalue weighted by Crippen LogP contribution is 2.21. The van der Waals surface area contributed by atoms with Crippen LogP contribution in [0.15, 0.2) is 36.4 Å². The number of halogens is 1. The molecule has 2 N–H and O–H groups in total. The topological polar surface area (TPSA) is 64.7 Å². The molecule has 0 aliphatic carbocycles. The fourth-order valence-corrected chi connectivity index (χ4v) is 4.21. The van der Waals surface area contributed by atoms with Gasteiger partial charge in [0.25, 0.3) is 0 Å². The number of hydrogen-bond donors (Lipinski definition) is 2. The highest BCUT2D eigenvalue weighted by molar-refractivity contribution is 5.96. The zero-order chi connectivity index (χ0) is 23.1. The number of nitrogens with zero attached hydrogens (tertiary/aromatic N) is 2. The van der Waals surface area contributed by atoms with Crippen molar-refractivity contribution in [3.05, 3.63) is 64.5 Å². The van der Waals surface area contributed by atoms with Gasteiger partial charge in [-0.3, -0.25) is 19.4 Å². The standard InChI is InChI=1S/C25H33FN4O2/c1-18-13-19(2)25(20(3)14-18)28-23(31)15-27-24(32)17-30-10-6-9-29(11-12-30)16-21-7-4-5-8-22(21)26/h4-5,7-8,13-14H,6,9-12,15-17H2,1-3H3,(H,27,32)(H,28,31). The predicted molar refractivity (Wildman–Crippen MR) is 125 cm³/mol.